The van der Waals surface area contributed by atoms with Crippen molar-refractivity contribution in [1.29, 1.82) is 0 Å². The summed E-state index contributed by atoms with van der Waals surface area (Å²) in [4.78, 5) is 15.3. The van der Waals surface area contributed by atoms with E-state index in [-0.39, 0.29) is 5.69 Å². The van der Waals surface area contributed by atoms with Crippen molar-refractivity contribution in [3.05, 3.63) is 12.0 Å². The summed E-state index contributed by atoms with van der Waals surface area (Å²) >= 11 is 0. The highest BCUT2D eigenvalue weighted by Gasteiger charge is 2.12. The zero-order valence-corrected chi connectivity index (χ0v) is 10.3. The summed E-state index contributed by atoms with van der Waals surface area (Å²) in [6.07, 6.45) is 2.26. The maximum absolute atomic E-state index is 11.3. The molecule has 0 aliphatic rings. The third-order valence-electron chi connectivity index (χ3n) is 2.05. The van der Waals surface area contributed by atoms with Crippen LogP contribution in [0.3, 0.4) is 0 Å². The van der Waals surface area contributed by atoms with Crippen LogP contribution in [0.2, 0.25) is 0 Å². The first kappa shape index (κ1) is 13.5. The number of esters is 1. The smallest absolute Gasteiger partial charge is 0.360 e. The predicted octanol–water partition coefficient (Wildman–Crippen LogP) is 1.26. The van der Waals surface area contributed by atoms with Gasteiger partial charge in [-0.2, -0.15) is 4.98 Å². The van der Waals surface area contributed by atoms with Crippen LogP contribution in [0.1, 0.15) is 30.8 Å². The second kappa shape index (κ2) is 7.67. The summed E-state index contributed by atoms with van der Waals surface area (Å²) in [7, 11) is 0. The molecule has 0 aromatic carbocycles. The third kappa shape index (κ3) is 4.86. The standard InChI is InChI=1S/C11H19N3O3/c1-3-12-6-5-7-13-11-14-9(8-17-11)10(15)16-4-2/h8,12H,3-7H2,1-2H3,(H,13,14). The van der Waals surface area contributed by atoms with Gasteiger partial charge in [-0.15, -0.1) is 0 Å². The minimum Gasteiger partial charge on any atom is -0.461 e. The van der Waals surface area contributed by atoms with E-state index in [4.69, 9.17) is 9.15 Å². The van der Waals surface area contributed by atoms with Gasteiger partial charge in [-0.1, -0.05) is 6.92 Å². The molecule has 0 unspecified atom stereocenters. The van der Waals surface area contributed by atoms with Crippen molar-refractivity contribution >= 4 is 12.0 Å². The van der Waals surface area contributed by atoms with Gasteiger partial charge in [0.2, 0.25) is 0 Å². The largest absolute Gasteiger partial charge is 0.461 e. The highest BCUT2D eigenvalue weighted by Crippen LogP contribution is 2.08. The molecule has 6 heteroatoms. The lowest BCUT2D eigenvalue weighted by molar-refractivity contribution is 0.0519. The highest BCUT2D eigenvalue weighted by molar-refractivity contribution is 5.87. The number of rotatable bonds is 8. The Kier molecular flexibility index (Phi) is 6.09. The number of hydrogen-bond donors (Lipinski definition) is 2. The van der Waals surface area contributed by atoms with E-state index in [1.165, 1.54) is 6.26 Å². The number of carbonyl (C=O) groups excluding carboxylic acids is 1. The first-order valence-electron chi connectivity index (χ1n) is 5.85. The average molecular weight is 241 g/mol. The van der Waals surface area contributed by atoms with Crippen molar-refractivity contribution in [3.63, 3.8) is 0 Å². The zero-order valence-electron chi connectivity index (χ0n) is 10.3. The molecule has 96 valence electrons. The summed E-state index contributed by atoms with van der Waals surface area (Å²) in [6.45, 7) is 6.79. The van der Waals surface area contributed by atoms with E-state index in [0.717, 1.165) is 26.1 Å². The Morgan fingerprint density at radius 2 is 2.29 bits per heavy atom. The molecular weight excluding hydrogens is 222 g/mol. The summed E-state index contributed by atoms with van der Waals surface area (Å²) in [6, 6.07) is 0.351. The quantitative estimate of drug-likeness (QED) is 0.527. The second-order valence-electron chi connectivity index (χ2n) is 3.39. The van der Waals surface area contributed by atoms with Gasteiger partial charge in [0.1, 0.15) is 6.26 Å². The normalized spacial score (nSPS) is 10.2. The summed E-state index contributed by atoms with van der Waals surface area (Å²) in [5.41, 5.74) is 0.195. The second-order valence-corrected chi connectivity index (χ2v) is 3.39. The van der Waals surface area contributed by atoms with Crippen molar-refractivity contribution in [2.75, 3.05) is 31.6 Å². The van der Waals surface area contributed by atoms with Gasteiger partial charge in [0.25, 0.3) is 6.01 Å². The van der Waals surface area contributed by atoms with E-state index in [1.807, 2.05) is 0 Å². The van der Waals surface area contributed by atoms with Gasteiger partial charge >= 0.3 is 5.97 Å². The Morgan fingerprint density at radius 3 is 3.00 bits per heavy atom. The maximum Gasteiger partial charge on any atom is 0.360 e. The number of hydrogen-bond acceptors (Lipinski definition) is 6. The van der Waals surface area contributed by atoms with Crippen molar-refractivity contribution in [1.82, 2.24) is 10.3 Å². The topological polar surface area (TPSA) is 76.4 Å². The van der Waals surface area contributed by atoms with Gasteiger partial charge in [-0.3, -0.25) is 0 Å². The zero-order chi connectivity index (χ0) is 12.5. The molecule has 0 fully saturated rings. The molecule has 1 rings (SSSR count). The number of nitrogens with zero attached hydrogens (tertiary/aromatic N) is 1. The van der Waals surface area contributed by atoms with Crippen LogP contribution in [0, 0.1) is 0 Å². The molecule has 1 aromatic heterocycles. The lowest BCUT2D eigenvalue weighted by atomic mass is 10.4. The van der Waals surface area contributed by atoms with Crippen LogP contribution in [0.5, 0.6) is 0 Å². The molecule has 1 aromatic rings. The molecule has 6 nitrogen and oxygen atoms in total. The van der Waals surface area contributed by atoms with E-state index in [0.29, 0.717) is 12.6 Å². The molecule has 0 spiro atoms. The number of carbonyl (C=O) groups is 1. The summed E-state index contributed by atoms with van der Waals surface area (Å²) in [5.74, 6) is -0.461. The fraction of sp³-hybridized carbons (Fsp3) is 0.636. The predicted molar refractivity (Wildman–Crippen MR) is 64.1 cm³/mol. The van der Waals surface area contributed by atoms with Gasteiger partial charge in [0, 0.05) is 6.54 Å². The van der Waals surface area contributed by atoms with Crippen LogP contribution in [-0.2, 0) is 4.74 Å². The summed E-state index contributed by atoms with van der Waals surface area (Å²) in [5, 5.41) is 6.20. The maximum atomic E-state index is 11.3. The number of nitrogens with one attached hydrogen (secondary N) is 2. The Balaban J connectivity index is 2.28. The van der Waals surface area contributed by atoms with Gasteiger partial charge < -0.3 is 19.8 Å². The molecule has 0 bridgehead atoms. The number of aromatic nitrogens is 1. The molecule has 17 heavy (non-hydrogen) atoms. The first-order chi connectivity index (χ1) is 8.27. The fourth-order valence-electron chi connectivity index (χ4n) is 1.24. The van der Waals surface area contributed by atoms with Gasteiger partial charge in [-0.05, 0) is 26.4 Å². The van der Waals surface area contributed by atoms with E-state index in [2.05, 4.69) is 22.5 Å². The van der Waals surface area contributed by atoms with Crippen LogP contribution >= 0.6 is 0 Å². The third-order valence-corrected chi connectivity index (χ3v) is 2.05. The molecule has 0 aliphatic carbocycles. The van der Waals surface area contributed by atoms with Crippen LogP contribution in [0.25, 0.3) is 0 Å². The molecule has 1 heterocycles. The van der Waals surface area contributed by atoms with E-state index in [9.17, 15) is 4.79 Å². The average Bonchev–Trinajstić information content (AvgIpc) is 2.78. The van der Waals surface area contributed by atoms with Gasteiger partial charge in [0.15, 0.2) is 5.69 Å². The van der Waals surface area contributed by atoms with Crippen LogP contribution in [-0.4, -0.2) is 37.2 Å². The van der Waals surface area contributed by atoms with Crippen molar-refractivity contribution in [2.45, 2.75) is 20.3 Å². The molecule has 0 saturated carbocycles. The Hall–Kier alpha value is -1.56. The lowest BCUT2D eigenvalue weighted by Gasteiger charge is -2.01. The van der Waals surface area contributed by atoms with Crippen molar-refractivity contribution in [2.24, 2.45) is 0 Å². The minimum absolute atomic E-state index is 0.195. The van der Waals surface area contributed by atoms with E-state index >= 15 is 0 Å². The Morgan fingerprint density at radius 1 is 1.47 bits per heavy atom. The van der Waals surface area contributed by atoms with Crippen molar-refractivity contribution in [3.8, 4) is 0 Å². The van der Waals surface area contributed by atoms with Crippen molar-refractivity contribution < 1.29 is 13.9 Å². The molecule has 2 N–H and O–H groups in total. The molecule has 0 radical (unpaired) electrons. The van der Waals surface area contributed by atoms with Gasteiger partial charge in [0.05, 0.1) is 6.61 Å². The fourth-order valence-corrected chi connectivity index (χ4v) is 1.24. The number of oxazole rings is 1. The van der Waals surface area contributed by atoms with Gasteiger partial charge in [-0.25, -0.2) is 4.79 Å². The first-order valence-corrected chi connectivity index (χ1v) is 5.85. The van der Waals surface area contributed by atoms with Crippen LogP contribution < -0.4 is 10.6 Å². The number of anilines is 1. The Labute approximate surface area is 101 Å². The Bertz CT molecular complexity index is 338. The monoisotopic (exact) mass is 241 g/mol. The molecular formula is C11H19N3O3. The van der Waals surface area contributed by atoms with Crippen LogP contribution in [0.15, 0.2) is 10.7 Å². The molecule has 0 aliphatic heterocycles. The summed E-state index contributed by atoms with van der Waals surface area (Å²) < 4.78 is 9.89. The molecule has 0 amide bonds. The number of ether oxygens (including phenoxy) is 1. The molecule has 0 saturated heterocycles. The minimum atomic E-state index is -0.461. The highest BCUT2D eigenvalue weighted by atomic mass is 16.5. The van der Waals surface area contributed by atoms with E-state index in [1.54, 1.807) is 6.92 Å². The lowest BCUT2D eigenvalue weighted by Crippen LogP contribution is -2.17. The van der Waals surface area contributed by atoms with Crippen LogP contribution in [0.4, 0.5) is 6.01 Å². The SMILES string of the molecule is CCNCCCNc1nc(C(=O)OCC)co1. The molecule has 0 atom stereocenters. The van der Waals surface area contributed by atoms with E-state index < -0.39 is 5.97 Å².